The Kier molecular flexibility index (Phi) is 7.86. The number of nitrogens with one attached hydrogen (secondary N) is 1. The Labute approximate surface area is 220 Å². The first-order valence-corrected chi connectivity index (χ1v) is 12.2. The molecule has 1 heterocycles. The van der Waals surface area contributed by atoms with Crippen molar-refractivity contribution in [1.82, 2.24) is 4.98 Å². The van der Waals surface area contributed by atoms with Crippen molar-refractivity contribution in [2.24, 2.45) is 0 Å². The maximum atomic E-state index is 12.6. The molecule has 0 atom stereocenters. The maximum Gasteiger partial charge on any atom is 0.289 e. The minimum Gasteiger partial charge on any atom is -0.325 e. The lowest BCUT2D eigenvalue weighted by molar-refractivity contribution is -0.384. The molecule has 0 aliphatic carbocycles. The van der Waals surface area contributed by atoms with Crippen molar-refractivity contribution in [3.63, 3.8) is 0 Å². The average molecular weight is 535 g/mol. The molecule has 4 rings (SSSR count). The van der Waals surface area contributed by atoms with E-state index in [2.05, 4.69) is 16.4 Å². The van der Waals surface area contributed by atoms with Gasteiger partial charge in [0, 0.05) is 27.9 Å². The molecule has 178 valence electrons. The molecule has 3 aromatic carbocycles. The number of hydrogen-bond acceptors (Lipinski definition) is 6. The number of thioether (sulfide) groups is 1. The van der Waals surface area contributed by atoms with Crippen LogP contribution in [-0.4, -0.2) is 21.6 Å². The number of anilines is 1. The topological polar surface area (TPSA) is 109 Å². The van der Waals surface area contributed by atoms with Crippen LogP contribution < -0.4 is 5.32 Å². The standard InChI is InChI=1S/C26H16Cl2N4O3S/c27-18-8-6-16(7-9-18)20-13-23(17-4-2-1-3-5-17)31-26(21(20)14-29)36-15-25(33)30-19-10-11-22(28)24(12-19)32(34)35/h1-13H,15H2,(H,30,33). The molecule has 0 saturated carbocycles. The summed E-state index contributed by atoms with van der Waals surface area (Å²) in [5.74, 6) is -0.489. The summed E-state index contributed by atoms with van der Waals surface area (Å²) in [6.07, 6.45) is 0. The number of nitro groups is 1. The van der Waals surface area contributed by atoms with Crippen LogP contribution in [0.15, 0.2) is 83.9 Å². The molecule has 10 heteroatoms. The van der Waals surface area contributed by atoms with Crippen molar-refractivity contribution in [2.75, 3.05) is 11.1 Å². The highest BCUT2D eigenvalue weighted by atomic mass is 35.5. The molecular formula is C26H16Cl2N4O3S. The smallest absolute Gasteiger partial charge is 0.289 e. The van der Waals surface area contributed by atoms with Gasteiger partial charge in [0.1, 0.15) is 16.1 Å². The second-order valence-electron chi connectivity index (χ2n) is 7.48. The molecule has 1 N–H and O–H groups in total. The number of pyridine rings is 1. The van der Waals surface area contributed by atoms with Gasteiger partial charge in [-0.15, -0.1) is 0 Å². The van der Waals surface area contributed by atoms with Gasteiger partial charge in [0.15, 0.2) is 0 Å². The molecule has 1 amide bonds. The number of amides is 1. The average Bonchev–Trinajstić information content (AvgIpc) is 2.89. The Morgan fingerprint density at radius 3 is 2.42 bits per heavy atom. The molecule has 1 aromatic heterocycles. The van der Waals surface area contributed by atoms with E-state index in [1.807, 2.05) is 48.5 Å². The molecule has 0 aliphatic rings. The van der Waals surface area contributed by atoms with Gasteiger partial charge in [-0.3, -0.25) is 14.9 Å². The number of hydrogen-bond donors (Lipinski definition) is 1. The number of benzene rings is 3. The summed E-state index contributed by atoms with van der Waals surface area (Å²) in [7, 11) is 0. The van der Waals surface area contributed by atoms with Gasteiger partial charge in [-0.2, -0.15) is 5.26 Å². The first-order chi connectivity index (χ1) is 17.4. The fraction of sp³-hybridized carbons (Fsp3) is 0.0385. The summed E-state index contributed by atoms with van der Waals surface area (Å²) in [5.41, 5.74) is 3.23. The van der Waals surface area contributed by atoms with Crippen LogP contribution in [0.4, 0.5) is 11.4 Å². The van der Waals surface area contributed by atoms with E-state index in [-0.39, 0.29) is 22.2 Å². The van der Waals surface area contributed by atoms with Gasteiger partial charge in [-0.05, 0) is 35.9 Å². The van der Waals surface area contributed by atoms with E-state index >= 15 is 0 Å². The Hall–Kier alpha value is -3.90. The number of nitriles is 1. The summed E-state index contributed by atoms with van der Waals surface area (Å²) in [5, 5.41) is 24.7. The van der Waals surface area contributed by atoms with Gasteiger partial charge >= 0.3 is 0 Å². The highest BCUT2D eigenvalue weighted by molar-refractivity contribution is 8.00. The first kappa shape index (κ1) is 25.2. The number of nitrogens with zero attached hydrogens (tertiary/aromatic N) is 3. The Balaban J connectivity index is 1.65. The van der Waals surface area contributed by atoms with Crippen LogP contribution >= 0.6 is 35.0 Å². The molecule has 0 aliphatic heterocycles. The monoisotopic (exact) mass is 534 g/mol. The number of nitro benzene ring substituents is 1. The second kappa shape index (κ2) is 11.2. The summed E-state index contributed by atoms with van der Waals surface area (Å²) in [6.45, 7) is 0. The third-order valence-electron chi connectivity index (χ3n) is 5.09. The van der Waals surface area contributed by atoms with Crippen LogP contribution in [0.1, 0.15) is 5.56 Å². The zero-order chi connectivity index (χ0) is 25.7. The van der Waals surface area contributed by atoms with Crippen LogP contribution in [-0.2, 0) is 4.79 Å². The van der Waals surface area contributed by atoms with Crippen molar-refractivity contribution in [1.29, 1.82) is 5.26 Å². The zero-order valence-corrected chi connectivity index (χ0v) is 20.8. The van der Waals surface area contributed by atoms with Crippen LogP contribution in [0.5, 0.6) is 0 Å². The predicted molar refractivity (Wildman–Crippen MR) is 142 cm³/mol. The highest BCUT2D eigenvalue weighted by Crippen LogP contribution is 2.35. The molecule has 0 radical (unpaired) electrons. The zero-order valence-electron chi connectivity index (χ0n) is 18.4. The predicted octanol–water partition coefficient (Wildman–Crippen LogP) is 7.23. The third kappa shape index (κ3) is 5.83. The molecule has 7 nitrogen and oxygen atoms in total. The normalized spacial score (nSPS) is 10.5. The van der Waals surface area contributed by atoms with Crippen LogP contribution in [0.3, 0.4) is 0 Å². The SMILES string of the molecule is N#Cc1c(-c2ccc(Cl)cc2)cc(-c2ccccc2)nc1SCC(=O)Nc1ccc(Cl)c([N+](=O)[O-])c1. The van der Waals surface area contributed by atoms with Gasteiger partial charge in [0.05, 0.1) is 21.9 Å². The fourth-order valence-electron chi connectivity index (χ4n) is 3.41. The number of rotatable bonds is 7. The molecule has 0 bridgehead atoms. The van der Waals surface area contributed by atoms with Crippen LogP contribution in [0, 0.1) is 21.4 Å². The number of aromatic nitrogens is 1. The van der Waals surface area contributed by atoms with Crippen molar-refractivity contribution in [3.8, 4) is 28.5 Å². The fourth-order valence-corrected chi connectivity index (χ4v) is 4.52. The Bertz CT molecular complexity index is 1490. The van der Waals surface area contributed by atoms with Gasteiger partial charge in [0.2, 0.25) is 5.91 Å². The summed E-state index contributed by atoms with van der Waals surface area (Å²) < 4.78 is 0. The van der Waals surface area contributed by atoms with Crippen molar-refractivity contribution < 1.29 is 9.72 Å². The van der Waals surface area contributed by atoms with E-state index in [0.29, 0.717) is 26.9 Å². The summed E-state index contributed by atoms with van der Waals surface area (Å²) in [6, 6.07) is 24.7. The van der Waals surface area contributed by atoms with E-state index in [0.717, 1.165) is 22.9 Å². The largest absolute Gasteiger partial charge is 0.325 e. The Morgan fingerprint density at radius 2 is 1.75 bits per heavy atom. The van der Waals surface area contributed by atoms with Crippen LogP contribution in [0.25, 0.3) is 22.4 Å². The molecule has 0 fully saturated rings. The molecule has 0 saturated heterocycles. The minimum atomic E-state index is -0.622. The number of carbonyl (C=O) groups is 1. The first-order valence-electron chi connectivity index (χ1n) is 10.5. The summed E-state index contributed by atoms with van der Waals surface area (Å²) in [4.78, 5) is 27.8. The van der Waals surface area contributed by atoms with E-state index < -0.39 is 10.8 Å². The quantitative estimate of drug-likeness (QED) is 0.152. The summed E-state index contributed by atoms with van der Waals surface area (Å²) >= 11 is 13.0. The van der Waals surface area contributed by atoms with Crippen LogP contribution in [0.2, 0.25) is 10.0 Å². The molecule has 0 unspecified atom stereocenters. The molecule has 36 heavy (non-hydrogen) atoms. The lowest BCUT2D eigenvalue weighted by Crippen LogP contribution is -2.14. The van der Waals surface area contributed by atoms with E-state index in [4.69, 9.17) is 23.2 Å². The third-order valence-corrected chi connectivity index (χ3v) is 6.64. The molecule has 4 aromatic rings. The highest BCUT2D eigenvalue weighted by Gasteiger charge is 2.18. The van der Waals surface area contributed by atoms with Crippen molar-refractivity contribution in [3.05, 3.63) is 105 Å². The molecule has 0 spiro atoms. The lowest BCUT2D eigenvalue weighted by Gasteiger charge is -2.13. The van der Waals surface area contributed by atoms with E-state index in [9.17, 15) is 20.2 Å². The van der Waals surface area contributed by atoms with Crippen molar-refractivity contribution in [2.45, 2.75) is 5.03 Å². The lowest BCUT2D eigenvalue weighted by atomic mass is 9.99. The van der Waals surface area contributed by atoms with Crippen molar-refractivity contribution >= 4 is 52.2 Å². The Morgan fingerprint density at radius 1 is 1.03 bits per heavy atom. The van der Waals surface area contributed by atoms with Gasteiger partial charge < -0.3 is 5.32 Å². The van der Waals surface area contributed by atoms with Gasteiger partial charge in [-0.1, -0.05) is 77.4 Å². The van der Waals surface area contributed by atoms with Gasteiger partial charge in [-0.25, -0.2) is 4.98 Å². The minimum absolute atomic E-state index is 0.0253. The number of halogens is 2. The van der Waals surface area contributed by atoms with Gasteiger partial charge in [0.25, 0.3) is 5.69 Å². The second-order valence-corrected chi connectivity index (χ2v) is 9.29. The number of carbonyl (C=O) groups excluding carboxylic acids is 1. The van der Waals surface area contributed by atoms with E-state index in [1.54, 1.807) is 12.1 Å². The molecular weight excluding hydrogens is 519 g/mol. The van der Waals surface area contributed by atoms with E-state index in [1.165, 1.54) is 18.2 Å². The maximum absolute atomic E-state index is 12.6.